The van der Waals surface area contributed by atoms with Crippen molar-refractivity contribution >= 4 is 10.9 Å². The molecule has 3 aromatic carbocycles. The van der Waals surface area contributed by atoms with Crippen LogP contribution < -0.4 is 5.73 Å². The molecule has 0 radical (unpaired) electrons. The van der Waals surface area contributed by atoms with Crippen LogP contribution in [0, 0.1) is 12.7 Å². The summed E-state index contributed by atoms with van der Waals surface area (Å²) in [5, 5.41) is 5.41. The molecule has 0 unspecified atom stereocenters. The predicted molar refractivity (Wildman–Crippen MR) is 122 cm³/mol. The first-order valence-electron chi connectivity index (χ1n) is 10.1. The SMILES string of the molecule is Cc1nn(-c2cccc(CN)c2)c2c(F)c(-c3ccc(-c4cccnc4)cc3)ccc12. The highest BCUT2D eigenvalue weighted by atomic mass is 19.1. The Morgan fingerprint density at radius 3 is 2.45 bits per heavy atom. The number of fused-ring (bicyclic) bond motifs is 1. The van der Waals surface area contributed by atoms with Crippen LogP contribution in [0.15, 0.2) is 85.2 Å². The van der Waals surface area contributed by atoms with Gasteiger partial charge in [0.25, 0.3) is 0 Å². The van der Waals surface area contributed by atoms with E-state index < -0.39 is 0 Å². The maximum Gasteiger partial charge on any atom is 0.157 e. The van der Waals surface area contributed by atoms with Crippen LogP contribution in [0.1, 0.15) is 11.3 Å². The fourth-order valence-corrected chi connectivity index (χ4v) is 3.92. The van der Waals surface area contributed by atoms with Crippen molar-refractivity contribution in [3.63, 3.8) is 0 Å². The summed E-state index contributed by atoms with van der Waals surface area (Å²) in [6.45, 7) is 2.32. The van der Waals surface area contributed by atoms with Gasteiger partial charge in [-0.25, -0.2) is 9.07 Å². The maximum atomic E-state index is 15.8. The number of nitrogens with two attached hydrogens (primary N) is 1. The van der Waals surface area contributed by atoms with E-state index in [1.54, 1.807) is 10.9 Å². The zero-order chi connectivity index (χ0) is 21.4. The second kappa shape index (κ2) is 7.78. The molecule has 5 heteroatoms. The van der Waals surface area contributed by atoms with Crippen molar-refractivity contribution in [2.24, 2.45) is 5.73 Å². The van der Waals surface area contributed by atoms with Gasteiger partial charge in [0.15, 0.2) is 5.82 Å². The third-order valence-electron chi connectivity index (χ3n) is 5.55. The Balaban J connectivity index is 1.63. The van der Waals surface area contributed by atoms with E-state index in [0.29, 0.717) is 17.6 Å². The monoisotopic (exact) mass is 408 g/mol. The molecule has 0 spiro atoms. The van der Waals surface area contributed by atoms with Crippen molar-refractivity contribution in [3.8, 4) is 27.9 Å². The quantitative estimate of drug-likeness (QED) is 0.417. The molecule has 2 aromatic heterocycles. The minimum Gasteiger partial charge on any atom is -0.326 e. The number of rotatable bonds is 4. The van der Waals surface area contributed by atoms with Crippen LogP contribution in [0.3, 0.4) is 0 Å². The Labute approximate surface area is 179 Å². The van der Waals surface area contributed by atoms with E-state index in [1.807, 2.05) is 85.9 Å². The number of nitrogens with zero attached hydrogens (tertiary/aromatic N) is 3. The van der Waals surface area contributed by atoms with Gasteiger partial charge >= 0.3 is 0 Å². The van der Waals surface area contributed by atoms with Crippen LogP contribution in [0.2, 0.25) is 0 Å². The van der Waals surface area contributed by atoms with Gasteiger partial charge in [-0.05, 0) is 47.4 Å². The summed E-state index contributed by atoms with van der Waals surface area (Å²) < 4.78 is 17.5. The lowest BCUT2D eigenvalue weighted by Crippen LogP contribution is -2.02. The Bertz CT molecular complexity index is 1370. The smallest absolute Gasteiger partial charge is 0.157 e. The molecule has 0 atom stereocenters. The molecule has 0 aliphatic carbocycles. The molecule has 5 aromatic rings. The highest BCUT2D eigenvalue weighted by Gasteiger charge is 2.18. The average molecular weight is 408 g/mol. The number of benzene rings is 3. The molecule has 0 amide bonds. The minimum absolute atomic E-state index is 0.287. The van der Waals surface area contributed by atoms with Crippen LogP contribution in [-0.4, -0.2) is 14.8 Å². The van der Waals surface area contributed by atoms with E-state index in [0.717, 1.165) is 39.0 Å². The highest BCUT2D eigenvalue weighted by molar-refractivity contribution is 5.89. The maximum absolute atomic E-state index is 15.8. The molecule has 0 fully saturated rings. The van der Waals surface area contributed by atoms with E-state index in [2.05, 4.69) is 10.1 Å². The fourth-order valence-electron chi connectivity index (χ4n) is 3.92. The van der Waals surface area contributed by atoms with Crippen LogP contribution >= 0.6 is 0 Å². The third-order valence-corrected chi connectivity index (χ3v) is 5.55. The molecule has 0 aliphatic rings. The average Bonchev–Trinajstić information content (AvgIpc) is 3.17. The van der Waals surface area contributed by atoms with Gasteiger partial charge in [0.05, 0.1) is 11.4 Å². The normalized spacial score (nSPS) is 11.2. The zero-order valence-electron chi connectivity index (χ0n) is 17.1. The number of halogens is 1. The standard InChI is InChI=1S/C26H21FN4/c1-17-23-11-12-24(20-9-7-19(8-10-20)21-5-3-13-29-16-21)25(27)26(23)31(30-17)22-6-2-4-18(14-22)15-28/h2-14,16H,15,28H2,1H3. The van der Waals surface area contributed by atoms with Crippen molar-refractivity contribution in [1.82, 2.24) is 14.8 Å². The van der Waals surface area contributed by atoms with E-state index in [4.69, 9.17) is 5.73 Å². The third kappa shape index (κ3) is 3.39. The molecule has 0 aliphatic heterocycles. The Morgan fingerprint density at radius 2 is 1.71 bits per heavy atom. The van der Waals surface area contributed by atoms with Gasteiger partial charge in [-0.3, -0.25) is 4.98 Å². The summed E-state index contributed by atoms with van der Waals surface area (Å²) >= 11 is 0. The number of aromatic nitrogens is 3. The van der Waals surface area contributed by atoms with E-state index in [9.17, 15) is 0 Å². The summed E-state index contributed by atoms with van der Waals surface area (Å²) in [6.07, 6.45) is 3.56. The summed E-state index contributed by atoms with van der Waals surface area (Å²) in [5.41, 5.74) is 12.2. The van der Waals surface area contributed by atoms with Crippen molar-refractivity contribution in [3.05, 3.63) is 102 Å². The molecule has 2 N–H and O–H groups in total. The summed E-state index contributed by atoms with van der Waals surface area (Å²) in [6, 6.07) is 23.3. The number of pyridine rings is 1. The van der Waals surface area contributed by atoms with Crippen molar-refractivity contribution in [2.75, 3.05) is 0 Å². The molecule has 5 rings (SSSR count). The lowest BCUT2D eigenvalue weighted by molar-refractivity contribution is 0.635. The second-order valence-electron chi connectivity index (χ2n) is 7.51. The van der Waals surface area contributed by atoms with Gasteiger partial charge in [0, 0.05) is 29.9 Å². The highest BCUT2D eigenvalue weighted by Crippen LogP contribution is 2.33. The van der Waals surface area contributed by atoms with E-state index in [1.165, 1.54) is 0 Å². The molecular weight excluding hydrogens is 387 g/mol. The van der Waals surface area contributed by atoms with Crippen LogP contribution in [-0.2, 0) is 6.54 Å². The van der Waals surface area contributed by atoms with Crippen LogP contribution in [0.4, 0.5) is 4.39 Å². The number of aryl methyl sites for hydroxylation is 1. The van der Waals surface area contributed by atoms with Crippen LogP contribution in [0.5, 0.6) is 0 Å². The lowest BCUT2D eigenvalue weighted by atomic mass is 9.99. The number of hydrogen-bond donors (Lipinski definition) is 1. The van der Waals surface area contributed by atoms with Gasteiger partial charge < -0.3 is 5.73 Å². The summed E-state index contributed by atoms with van der Waals surface area (Å²) in [5.74, 6) is -0.287. The largest absolute Gasteiger partial charge is 0.326 e. The molecule has 31 heavy (non-hydrogen) atoms. The van der Waals surface area contributed by atoms with Gasteiger partial charge in [-0.15, -0.1) is 0 Å². The Kier molecular flexibility index (Phi) is 4.81. The van der Waals surface area contributed by atoms with Crippen LogP contribution in [0.25, 0.3) is 38.8 Å². The summed E-state index contributed by atoms with van der Waals surface area (Å²) in [4.78, 5) is 4.17. The van der Waals surface area contributed by atoms with E-state index >= 15 is 4.39 Å². The predicted octanol–water partition coefficient (Wildman–Crippen LogP) is 5.66. The van der Waals surface area contributed by atoms with Gasteiger partial charge in [0.2, 0.25) is 0 Å². The van der Waals surface area contributed by atoms with Crippen molar-refractivity contribution in [1.29, 1.82) is 0 Å². The van der Waals surface area contributed by atoms with Gasteiger partial charge in [-0.2, -0.15) is 5.10 Å². The summed E-state index contributed by atoms with van der Waals surface area (Å²) in [7, 11) is 0. The van der Waals surface area contributed by atoms with Crippen molar-refractivity contribution in [2.45, 2.75) is 13.5 Å². The molecule has 2 heterocycles. The first kappa shape index (κ1) is 19.2. The zero-order valence-corrected chi connectivity index (χ0v) is 17.1. The fraction of sp³-hybridized carbons (Fsp3) is 0.0769. The van der Waals surface area contributed by atoms with Crippen molar-refractivity contribution < 1.29 is 4.39 Å². The van der Waals surface area contributed by atoms with E-state index in [-0.39, 0.29) is 5.82 Å². The molecule has 0 bridgehead atoms. The first-order valence-corrected chi connectivity index (χ1v) is 10.1. The molecule has 152 valence electrons. The molecule has 0 saturated heterocycles. The Morgan fingerprint density at radius 1 is 0.903 bits per heavy atom. The molecular formula is C26H21FN4. The Hall–Kier alpha value is -3.83. The second-order valence-corrected chi connectivity index (χ2v) is 7.51. The molecule has 0 saturated carbocycles. The number of hydrogen-bond acceptors (Lipinski definition) is 3. The van der Waals surface area contributed by atoms with Gasteiger partial charge in [-0.1, -0.05) is 54.6 Å². The minimum atomic E-state index is -0.287. The molecule has 4 nitrogen and oxygen atoms in total. The first-order chi connectivity index (χ1) is 15.2. The lowest BCUT2D eigenvalue weighted by Gasteiger charge is -2.10. The van der Waals surface area contributed by atoms with Gasteiger partial charge in [0.1, 0.15) is 5.52 Å². The topological polar surface area (TPSA) is 56.7 Å².